The van der Waals surface area contributed by atoms with E-state index < -0.39 is 6.04 Å². The van der Waals surface area contributed by atoms with Crippen LogP contribution in [0, 0.1) is 0 Å². The highest BCUT2D eigenvalue weighted by Crippen LogP contribution is 2.26. The lowest BCUT2D eigenvalue weighted by Gasteiger charge is -2.20. The van der Waals surface area contributed by atoms with Gasteiger partial charge in [0.15, 0.2) is 5.78 Å². The summed E-state index contributed by atoms with van der Waals surface area (Å²) in [6.45, 7) is 0.244. The van der Waals surface area contributed by atoms with Gasteiger partial charge in [0, 0.05) is 5.02 Å². The molecule has 1 aromatic carbocycles. The number of ether oxygens (including phenoxy) is 1. The number of carbonyl (C=O) groups excluding carboxylic acids is 1. The van der Waals surface area contributed by atoms with E-state index in [1.54, 1.807) is 18.2 Å². The maximum absolute atomic E-state index is 11.5. The van der Waals surface area contributed by atoms with Gasteiger partial charge in [-0.3, -0.25) is 4.79 Å². The van der Waals surface area contributed by atoms with E-state index in [-0.39, 0.29) is 12.4 Å². The number of ketones is 1. The quantitative estimate of drug-likeness (QED) is 0.681. The Balaban J connectivity index is 2.51. The fourth-order valence-corrected chi connectivity index (χ4v) is 1.45. The second-order valence-electron chi connectivity index (χ2n) is 2.92. The van der Waals surface area contributed by atoms with Crippen LogP contribution in [-0.4, -0.2) is 18.4 Å². The molecule has 2 rings (SSSR count). The average Bonchev–Trinajstić information content (AvgIpc) is 2.12. The zero-order chi connectivity index (χ0) is 9.42. The number of Topliss-reactive ketones (excluding diaryl/α,β-unsaturated/α-hetero) is 1. The Bertz CT molecular complexity index is 365. The number of halogens is 1. The van der Waals surface area contributed by atoms with Crippen molar-refractivity contribution in [1.82, 2.24) is 0 Å². The topological polar surface area (TPSA) is 52.3 Å². The van der Waals surface area contributed by atoms with Gasteiger partial charge in [-0.25, -0.2) is 0 Å². The van der Waals surface area contributed by atoms with Crippen LogP contribution in [0.3, 0.4) is 0 Å². The van der Waals surface area contributed by atoms with Crippen molar-refractivity contribution in [2.75, 3.05) is 6.61 Å². The van der Waals surface area contributed by atoms with Crippen molar-refractivity contribution in [3.05, 3.63) is 28.8 Å². The standard InChI is InChI=1S/C9H8ClNO2/c10-5-1-2-8-6(3-5)9(12)7(11)4-13-8/h1-3,7H,4,11H2/t7-/m0/s1. The number of fused-ring (bicyclic) bond motifs is 1. The van der Waals surface area contributed by atoms with Gasteiger partial charge in [-0.05, 0) is 18.2 Å². The van der Waals surface area contributed by atoms with Gasteiger partial charge in [-0.1, -0.05) is 11.6 Å². The number of rotatable bonds is 0. The lowest BCUT2D eigenvalue weighted by Crippen LogP contribution is -2.40. The van der Waals surface area contributed by atoms with Crippen LogP contribution < -0.4 is 10.5 Å². The maximum Gasteiger partial charge on any atom is 0.186 e. The van der Waals surface area contributed by atoms with Crippen molar-refractivity contribution in [2.24, 2.45) is 5.73 Å². The third-order valence-electron chi connectivity index (χ3n) is 1.96. The lowest BCUT2D eigenvalue weighted by atomic mass is 10.0. The van der Waals surface area contributed by atoms with Crippen LogP contribution in [0.1, 0.15) is 10.4 Å². The first kappa shape index (κ1) is 8.53. The minimum atomic E-state index is -0.564. The molecule has 0 spiro atoms. The molecule has 0 unspecified atom stereocenters. The number of hydrogen-bond donors (Lipinski definition) is 1. The molecule has 4 heteroatoms. The second kappa shape index (κ2) is 3.01. The van der Waals surface area contributed by atoms with Gasteiger partial charge in [0.2, 0.25) is 0 Å². The van der Waals surface area contributed by atoms with Gasteiger partial charge in [-0.15, -0.1) is 0 Å². The molecule has 0 aliphatic carbocycles. The Hall–Kier alpha value is -1.06. The highest BCUT2D eigenvalue weighted by molar-refractivity contribution is 6.31. The van der Waals surface area contributed by atoms with Crippen LogP contribution in [0.4, 0.5) is 0 Å². The Labute approximate surface area is 80.4 Å². The van der Waals surface area contributed by atoms with Crippen LogP contribution in [0.25, 0.3) is 0 Å². The molecule has 1 heterocycles. The predicted molar refractivity (Wildman–Crippen MR) is 49.3 cm³/mol. The first-order chi connectivity index (χ1) is 6.18. The maximum atomic E-state index is 11.5. The van der Waals surface area contributed by atoms with Crippen molar-refractivity contribution >= 4 is 17.4 Å². The molecule has 1 atom stereocenters. The first-order valence-corrected chi connectivity index (χ1v) is 4.28. The number of carbonyl (C=O) groups is 1. The number of nitrogens with two attached hydrogens (primary N) is 1. The Morgan fingerprint density at radius 2 is 2.31 bits per heavy atom. The highest BCUT2D eigenvalue weighted by atomic mass is 35.5. The van der Waals surface area contributed by atoms with Crippen molar-refractivity contribution < 1.29 is 9.53 Å². The summed E-state index contributed by atoms with van der Waals surface area (Å²) in [7, 11) is 0. The minimum Gasteiger partial charge on any atom is -0.491 e. The molecule has 0 saturated carbocycles. The van der Waals surface area contributed by atoms with Gasteiger partial charge in [0.05, 0.1) is 5.56 Å². The van der Waals surface area contributed by atoms with Crippen molar-refractivity contribution in [3.8, 4) is 5.75 Å². The Morgan fingerprint density at radius 1 is 1.54 bits per heavy atom. The predicted octanol–water partition coefficient (Wildman–Crippen LogP) is 1.24. The van der Waals surface area contributed by atoms with Gasteiger partial charge < -0.3 is 10.5 Å². The van der Waals surface area contributed by atoms with Crippen molar-refractivity contribution in [3.63, 3.8) is 0 Å². The van der Waals surface area contributed by atoms with Gasteiger partial charge in [-0.2, -0.15) is 0 Å². The smallest absolute Gasteiger partial charge is 0.186 e. The molecular weight excluding hydrogens is 190 g/mol. The summed E-state index contributed by atoms with van der Waals surface area (Å²) in [5, 5.41) is 0.518. The second-order valence-corrected chi connectivity index (χ2v) is 3.36. The molecule has 0 bridgehead atoms. The summed E-state index contributed by atoms with van der Waals surface area (Å²) in [6.07, 6.45) is 0. The van der Waals surface area contributed by atoms with E-state index in [0.717, 1.165) is 0 Å². The molecule has 13 heavy (non-hydrogen) atoms. The summed E-state index contributed by atoms with van der Waals surface area (Å²) < 4.78 is 5.26. The molecule has 2 N–H and O–H groups in total. The molecule has 3 nitrogen and oxygen atoms in total. The molecule has 1 aromatic rings. The molecular formula is C9H8ClNO2. The van der Waals surface area contributed by atoms with Gasteiger partial charge in [0.1, 0.15) is 18.4 Å². The third-order valence-corrected chi connectivity index (χ3v) is 2.20. The fraction of sp³-hybridized carbons (Fsp3) is 0.222. The molecule has 0 saturated heterocycles. The van der Waals surface area contributed by atoms with Gasteiger partial charge >= 0.3 is 0 Å². The minimum absolute atomic E-state index is 0.108. The van der Waals surface area contributed by atoms with E-state index in [4.69, 9.17) is 22.1 Å². The Kier molecular flexibility index (Phi) is 1.98. The van der Waals surface area contributed by atoms with E-state index in [1.807, 2.05) is 0 Å². The lowest BCUT2D eigenvalue weighted by molar-refractivity contribution is 0.0900. The summed E-state index contributed by atoms with van der Waals surface area (Å²) in [5.74, 6) is 0.458. The van der Waals surface area contributed by atoms with Crippen LogP contribution in [0.15, 0.2) is 18.2 Å². The molecule has 0 radical (unpaired) electrons. The van der Waals surface area contributed by atoms with E-state index in [2.05, 4.69) is 0 Å². The summed E-state index contributed by atoms with van der Waals surface area (Å²) in [6, 6.07) is 4.38. The van der Waals surface area contributed by atoms with E-state index in [0.29, 0.717) is 16.3 Å². The van der Waals surface area contributed by atoms with Crippen LogP contribution in [-0.2, 0) is 0 Å². The first-order valence-electron chi connectivity index (χ1n) is 3.90. The van der Waals surface area contributed by atoms with Crippen molar-refractivity contribution in [1.29, 1.82) is 0 Å². The summed E-state index contributed by atoms with van der Waals surface area (Å²) >= 11 is 5.74. The van der Waals surface area contributed by atoms with E-state index in [9.17, 15) is 4.79 Å². The monoisotopic (exact) mass is 197 g/mol. The molecule has 0 aromatic heterocycles. The zero-order valence-corrected chi connectivity index (χ0v) is 7.54. The number of benzene rings is 1. The van der Waals surface area contributed by atoms with E-state index in [1.165, 1.54) is 0 Å². The summed E-state index contributed by atoms with van der Waals surface area (Å²) in [4.78, 5) is 11.5. The SMILES string of the molecule is N[C@H]1COc2ccc(Cl)cc2C1=O. The zero-order valence-electron chi connectivity index (χ0n) is 6.79. The van der Waals surface area contributed by atoms with E-state index >= 15 is 0 Å². The largest absolute Gasteiger partial charge is 0.491 e. The normalized spacial score (nSPS) is 20.8. The van der Waals surface area contributed by atoms with Crippen LogP contribution in [0.5, 0.6) is 5.75 Å². The molecule has 0 amide bonds. The summed E-state index contributed by atoms with van der Waals surface area (Å²) in [5.41, 5.74) is 6.00. The van der Waals surface area contributed by atoms with Crippen LogP contribution >= 0.6 is 11.6 Å². The molecule has 68 valence electrons. The van der Waals surface area contributed by atoms with Crippen LogP contribution in [0.2, 0.25) is 5.02 Å². The molecule has 1 aliphatic rings. The third kappa shape index (κ3) is 1.41. The molecule has 0 fully saturated rings. The number of hydrogen-bond acceptors (Lipinski definition) is 3. The van der Waals surface area contributed by atoms with Crippen molar-refractivity contribution in [2.45, 2.75) is 6.04 Å². The Morgan fingerprint density at radius 3 is 3.08 bits per heavy atom. The fourth-order valence-electron chi connectivity index (χ4n) is 1.28. The molecule has 1 aliphatic heterocycles. The average molecular weight is 198 g/mol. The highest BCUT2D eigenvalue weighted by Gasteiger charge is 2.25. The van der Waals surface area contributed by atoms with Gasteiger partial charge in [0.25, 0.3) is 0 Å².